The molecule has 0 saturated heterocycles. The van der Waals surface area contributed by atoms with Crippen molar-refractivity contribution < 1.29 is 9.32 Å². The molecule has 118 valence electrons. The Morgan fingerprint density at radius 2 is 1.91 bits per heavy atom. The molecule has 1 aromatic carbocycles. The maximum absolute atomic E-state index is 11.7. The highest BCUT2D eigenvalue weighted by molar-refractivity contribution is 5.78. The van der Waals surface area contributed by atoms with Gasteiger partial charge in [-0.15, -0.1) is 0 Å². The van der Waals surface area contributed by atoms with E-state index in [0.29, 0.717) is 18.1 Å². The van der Waals surface area contributed by atoms with Gasteiger partial charge in [-0.25, -0.2) is 0 Å². The van der Waals surface area contributed by atoms with Crippen LogP contribution in [0.15, 0.2) is 28.8 Å². The molecule has 1 aromatic heterocycles. The highest BCUT2D eigenvalue weighted by atomic mass is 16.5. The summed E-state index contributed by atoms with van der Waals surface area (Å²) in [5, 5.41) is 9.95. The van der Waals surface area contributed by atoms with E-state index in [-0.39, 0.29) is 18.0 Å². The number of anilines is 1. The van der Waals surface area contributed by atoms with Crippen LogP contribution in [0.4, 0.5) is 5.69 Å². The summed E-state index contributed by atoms with van der Waals surface area (Å²) in [5.41, 5.74) is 1.92. The first kappa shape index (κ1) is 16.0. The predicted molar refractivity (Wildman–Crippen MR) is 84.5 cm³/mol. The molecule has 0 bridgehead atoms. The van der Waals surface area contributed by atoms with Crippen molar-refractivity contribution in [2.24, 2.45) is 0 Å². The molecule has 6 nitrogen and oxygen atoms in total. The van der Waals surface area contributed by atoms with Gasteiger partial charge in [0, 0.05) is 11.7 Å². The van der Waals surface area contributed by atoms with Crippen LogP contribution < -0.4 is 10.6 Å². The average molecular weight is 302 g/mol. The van der Waals surface area contributed by atoms with Gasteiger partial charge in [0.05, 0.1) is 6.42 Å². The van der Waals surface area contributed by atoms with Gasteiger partial charge in [-0.1, -0.05) is 17.3 Å². The van der Waals surface area contributed by atoms with E-state index in [2.05, 4.69) is 20.8 Å². The summed E-state index contributed by atoms with van der Waals surface area (Å²) in [6, 6.07) is 7.85. The Labute approximate surface area is 130 Å². The molecule has 2 rings (SSSR count). The molecule has 1 amide bonds. The third kappa shape index (κ3) is 4.58. The molecular weight excluding hydrogens is 280 g/mol. The number of nitrogens with one attached hydrogen (secondary N) is 2. The standard InChI is InChI=1S/C16H22N4O2/c1-10(2)17-15(21)9-13-5-7-14(8-6-13)18-11(3)16-19-12(4)20-22-16/h5-8,10-11,18H,9H2,1-4H3,(H,17,21)/t11-/m1/s1. The smallest absolute Gasteiger partial charge is 0.248 e. The lowest BCUT2D eigenvalue weighted by Gasteiger charge is -2.12. The molecule has 0 radical (unpaired) electrons. The maximum atomic E-state index is 11.7. The van der Waals surface area contributed by atoms with Crippen LogP contribution in [0.1, 0.15) is 44.1 Å². The van der Waals surface area contributed by atoms with Gasteiger partial charge in [0.2, 0.25) is 11.8 Å². The van der Waals surface area contributed by atoms with E-state index in [0.717, 1.165) is 11.3 Å². The van der Waals surface area contributed by atoms with Gasteiger partial charge in [-0.2, -0.15) is 4.98 Å². The summed E-state index contributed by atoms with van der Waals surface area (Å²) in [7, 11) is 0. The number of carbonyl (C=O) groups excluding carboxylic acids is 1. The number of aryl methyl sites for hydroxylation is 1. The lowest BCUT2D eigenvalue weighted by molar-refractivity contribution is -0.120. The fourth-order valence-electron chi connectivity index (χ4n) is 2.08. The molecule has 0 spiro atoms. The van der Waals surface area contributed by atoms with Gasteiger partial charge in [0.25, 0.3) is 0 Å². The molecule has 0 fully saturated rings. The summed E-state index contributed by atoms with van der Waals surface area (Å²) in [6.45, 7) is 7.64. The summed E-state index contributed by atoms with van der Waals surface area (Å²) < 4.78 is 5.14. The lowest BCUT2D eigenvalue weighted by Crippen LogP contribution is -2.31. The Morgan fingerprint density at radius 1 is 1.23 bits per heavy atom. The van der Waals surface area contributed by atoms with Crippen LogP contribution in [0.25, 0.3) is 0 Å². The SMILES string of the molecule is Cc1noc([C@@H](C)Nc2ccc(CC(=O)NC(C)C)cc2)n1. The summed E-state index contributed by atoms with van der Waals surface area (Å²) >= 11 is 0. The van der Waals surface area contributed by atoms with E-state index in [1.807, 2.05) is 45.0 Å². The van der Waals surface area contributed by atoms with Gasteiger partial charge in [-0.3, -0.25) is 4.79 Å². The zero-order valence-electron chi connectivity index (χ0n) is 13.4. The van der Waals surface area contributed by atoms with E-state index in [1.54, 1.807) is 6.92 Å². The third-order valence-electron chi connectivity index (χ3n) is 3.07. The monoisotopic (exact) mass is 302 g/mol. The van der Waals surface area contributed by atoms with Crippen LogP contribution in [0, 0.1) is 6.92 Å². The van der Waals surface area contributed by atoms with Crippen LogP contribution in [-0.4, -0.2) is 22.1 Å². The first-order valence-electron chi connectivity index (χ1n) is 7.39. The molecule has 0 aliphatic carbocycles. The van der Waals surface area contributed by atoms with E-state index >= 15 is 0 Å². The summed E-state index contributed by atoms with van der Waals surface area (Å²) in [4.78, 5) is 15.9. The minimum Gasteiger partial charge on any atom is -0.374 e. The molecule has 6 heteroatoms. The normalized spacial score (nSPS) is 12.2. The molecule has 2 aromatic rings. The predicted octanol–water partition coefficient (Wildman–Crippen LogP) is 2.62. The van der Waals surface area contributed by atoms with Gasteiger partial charge in [0.1, 0.15) is 6.04 Å². The molecule has 0 aliphatic heterocycles. The Kier molecular flexibility index (Phi) is 5.14. The summed E-state index contributed by atoms with van der Waals surface area (Å²) in [6.07, 6.45) is 0.386. The maximum Gasteiger partial charge on any atom is 0.248 e. The van der Waals surface area contributed by atoms with Crippen LogP contribution >= 0.6 is 0 Å². The zero-order chi connectivity index (χ0) is 16.1. The number of nitrogens with zero attached hydrogens (tertiary/aromatic N) is 2. The third-order valence-corrected chi connectivity index (χ3v) is 3.07. The Bertz CT molecular complexity index is 619. The van der Waals surface area contributed by atoms with Crippen molar-refractivity contribution in [3.05, 3.63) is 41.5 Å². The van der Waals surface area contributed by atoms with Crippen LogP contribution in [0.3, 0.4) is 0 Å². The molecule has 0 unspecified atom stereocenters. The van der Waals surface area contributed by atoms with E-state index in [4.69, 9.17) is 4.52 Å². The minimum atomic E-state index is -0.0729. The average Bonchev–Trinajstić information content (AvgIpc) is 2.87. The largest absolute Gasteiger partial charge is 0.374 e. The molecule has 0 saturated carbocycles. The molecular formula is C16H22N4O2. The van der Waals surface area contributed by atoms with Crippen molar-refractivity contribution in [3.8, 4) is 0 Å². The number of rotatable bonds is 6. The second kappa shape index (κ2) is 7.06. The molecule has 1 atom stereocenters. The Balaban J connectivity index is 1.93. The zero-order valence-corrected chi connectivity index (χ0v) is 13.4. The lowest BCUT2D eigenvalue weighted by atomic mass is 10.1. The second-order valence-corrected chi connectivity index (χ2v) is 5.64. The first-order valence-corrected chi connectivity index (χ1v) is 7.39. The first-order chi connectivity index (χ1) is 10.4. The van der Waals surface area contributed by atoms with E-state index in [1.165, 1.54) is 0 Å². The van der Waals surface area contributed by atoms with Gasteiger partial charge in [0.15, 0.2) is 5.82 Å². The number of amides is 1. The van der Waals surface area contributed by atoms with E-state index < -0.39 is 0 Å². The second-order valence-electron chi connectivity index (χ2n) is 5.64. The van der Waals surface area contributed by atoms with Gasteiger partial charge < -0.3 is 15.2 Å². The molecule has 22 heavy (non-hydrogen) atoms. The molecule has 0 aliphatic rings. The van der Waals surface area contributed by atoms with Gasteiger partial charge >= 0.3 is 0 Å². The topological polar surface area (TPSA) is 80.0 Å². The fraction of sp³-hybridized carbons (Fsp3) is 0.438. The Hall–Kier alpha value is -2.37. The summed E-state index contributed by atoms with van der Waals surface area (Å²) in [5.74, 6) is 1.21. The Morgan fingerprint density at radius 3 is 2.45 bits per heavy atom. The van der Waals surface area contributed by atoms with Crippen molar-refractivity contribution in [2.75, 3.05) is 5.32 Å². The van der Waals surface area contributed by atoms with Crippen LogP contribution in [-0.2, 0) is 11.2 Å². The number of benzene rings is 1. The van der Waals surface area contributed by atoms with Crippen molar-refractivity contribution >= 4 is 11.6 Å². The number of hydrogen-bond acceptors (Lipinski definition) is 5. The number of carbonyl (C=O) groups is 1. The highest BCUT2D eigenvalue weighted by Crippen LogP contribution is 2.18. The van der Waals surface area contributed by atoms with Crippen molar-refractivity contribution in [1.29, 1.82) is 0 Å². The van der Waals surface area contributed by atoms with Crippen LogP contribution in [0.5, 0.6) is 0 Å². The molecule has 1 heterocycles. The number of hydrogen-bond donors (Lipinski definition) is 2. The van der Waals surface area contributed by atoms with Gasteiger partial charge in [-0.05, 0) is 45.4 Å². The molecule has 2 N–H and O–H groups in total. The van der Waals surface area contributed by atoms with Crippen LogP contribution in [0.2, 0.25) is 0 Å². The quantitative estimate of drug-likeness (QED) is 0.857. The van der Waals surface area contributed by atoms with Crippen molar-refractivity contribution in [1.82, 2.24) is 15.5 Å². The highest BCUT2D eigenvalue weighted by Gasteiger charge is 2.12. The minimum absolute atomic E-state index is 0.0328. The van der Waals surface area contributed by atoms with E-state index in [9.17, 15) is 4.79 Å². The van der Waals surface area contributed by atoms with Crippen molar-refractivity contribution in [2.45, 2.75) is 46.2 Å². The number of aromatic nitrogens is 2. The fourth-order valence-corrected chi connectivity index (χ4v) is 2.08. The van der Waals surface area contributed by atoms with Crippen molar-refractivity contribution in [3.63, 3.8) is 0 Å².